The van der Waals surface area contributed by atoms with Gasteiger partial charge in [-0.3, -0.25) is 4.79 Å². The van der Waals surface area contributed by atoms with Crippen LogP contribution >= 0.6 is 0 Å². The molecule has 1 aromatic carbocycles. The molecule has 0 unspecified atom stereocenters. The van der Waals surface area contributed by atoms with Gasteiger partial charge >= 0.3 is 0 Å². The summed E-state index contributed by atoms with van der Waals surface area (Å²) >= 11 is 0. The van der Waals surface area contributed by atoms with Crippen molar-refractivity contribution >= 4 is 11.7 Å². The van der Waals surface area contributed by atoms with Crippen LogP contribution in [0.2, 0.25) is 0 Å². The van der Waals surface area contributed by atoms with Crippen LogP contribution in [0.4, 0.5) is 5.82 Å². The van der Waals surface area contributed by atoms with E-state index in [0.717, 1.165) is 61.7 Å². The average Bonchev–Trinajstić information content (AvgIpc) is 3.22. The van der Waals surface area contributed by atoms with E-state index in [9.17, 15) is 4.79 Å². The van der Waals surface area contributed by atoms with Gasteiger partial charge in [-0.15, -0.1) is 10.2 Å². The first-order valence-corrected chi connectivity index (χ1v) is 9.71. The molecule has 0 radical (unpaired) electrons. The topological polar surface area (TPSA) is 49.3 Å². The molecule has 1 aromatic heterocycles. The number of aromatic nitrogens is 2. The lowest BCUT2D eigenvalue weighted by atomic mass is 10.1. The molecule has 5 nitrogen and oxygen atoms in total. The molecular weight excluding hydrogens is 324 g/mol. The Hall–Kier alpha value is -2.43. The number of carbonyl (C=O) groups excluding carboxylic acids is 1. The molecule has 138 valence electrons. The molecule has 1 aliphatic rings. The van der Waals surface area contributed by atoms with E-state index in [2.05, 4.69) is 28.9 Å². The van der Waals surface area contributed by atoms with Gasteiger partial charge in [-0.25, -0.2) is 0 Å². The minimum Gasteiger partial charge on any atom is -0.355 e. The molecule has 0 bridgehead atoms. The minimum absolute atomic E-state index is 0.0946. The zero-order chi connectivity index (χ0) is 18.4. The first-order chi connectivity index (χ1) is 12.7. The van der Waals surface area contributed by atoms with E-state index in [1.54, 1.807) is 0 Å². The van der Waals surface area contributed by atoms with Crippen molar-refractivity contribution in [1.82, 2.24) is 15.1 Å². The van der Waals surface area contributed by atoms with Gasteiger partial charge in [0.05, 0.1) is 5.69 Å². The molecule has 0 atom stereocenters. The molecule has 0 aliphatic carbocycles. The van der Waals surface area contributed by atoms with Crippen LogP contribution in [0.3, 0.4) is 0 Å². The number of benzene rings is 1. The number of hydrogen-bond donors (Lipinski definition) is 0. The summed E-state index contributed by atoms with van der Waals surface area (Å²) in [4.78, 5) is 17.0. The Morgan fingerprint density at radius 2 is 1.77 bits per heavy atom. The van der Waals surface area contributed by atoms with Crippen LogP contribution < -0.4 is 4.90 Å². The average molecular weight is 352 g/mol. The van der Waals surface area contributed by atoms with Crippen molar-refractivity contribution in [2.45, 2.75) is 39.5 Å². The van der Waals surface area contributed by atoms with Crippen LogP contribution in [-0.2, 0) is 0 Å². The molecule has 2 heterocycles. The summed E-state index contributed by atoms with van der Waals surface area (Å²) in [6.45, 7) is 7.90. The van der Waals surface area contributed by atoms with Gasteiger partial charge in [0, 0.05) is 37.3 Å². The van der Waals surface area contributed by atoms with Crippen molar-refractivity contribution in [3.05, 3.63) is 42.0 Å². The van der Waals surface area contributed by atoms with Crippen LogP contribution in [0.5, 0.6) is 0 Å². The van der Waals surface area contributed by atoms with E-state index in [1.165, 1.54) is 12.8 Å². The van der Waals surface area contributed by atoms with Crippen molar-refractivity contribution in [3.63, 3.8) is 0 Å². The highest BCUT2D eigenvalue weighted by Crippen LogP contribution is 2.22. The maximum Gasteiger partial charge on any atom is 0.253 e. The number of amides is 1. The summed E-state index contributed by atoms with van der Waals surface area (Å²) in [7, 11) is 0. The Kier molecular flexibility index (Phi) is 6.21. The van der Waals surface area contributed by atoms with E-state index in [-0.39, 0.29) is 5.91 Å². The Balaban J connectivity index is 1.79. The lowest BCUT2D eigenvalue weighted by Gasteiger charge is -2.21. The predicted molar refractivity (Wildman–Crippen MR) is 105 cm³/mol. The van der Waals surface area contributed by atoms with E-state index in [1.807, 2.05) is 41.3 Å². The predicted octanol–water partition coefficient (Wildman–Crippen LogP) is 4.01. The molecule has 1 saturated heterocycles. The van der Waals surface area contributed by atoms with Crippen molar-refractivity contribution in [3.8, 4) is 11.3 Å². The molecule has 0 N–H and O–H groups in total. The zero-order valence-corrected chi connectivity index (χ0v) is 15.8. The van der Waals surface area contributed by atoms with Gasteiger partial charge in [-0.05, 0) is 49.9 Å². The van der Waals surface area contributed by atoms with E-state index < -0.39 is 0 Å². The van der Waals surface area contributed by atoms with E-state index in [0.29, 0.717) is 0 Å². The fourth-order valence-corrected chi connectivity index (χ4v) is 3.44. The van der Waals surface area contributed by atoms with Crippen molar-refractivity contribution in [2.24, 2.45) is 0 Å². The Bertz CT molecular complexity index is 717. The third kappa shape index (κ3) is 4.21. The largest absolute Gasteiger partial charge is 0.355 e. The first kappa shape index (κ1) is 18.4. The zero-order valence-electron chi connectivity index (χ0n) is 15.8. The summed E-state index contributed by atoms with van der Waals surface area (Å²) in [5, 5.41) is 8.78. The molecule has 1 amide bonds. The quantitative estimate of drug-likeness (QED) is 0.755. The van der Waals surface area contributed by atoms with Crippen LogP contribution in [0.25, 0.3) is 11.3 Å². The van der Waals surface area contributed by atoms with Gasteiger partial charge < -0.3 is 9.80 Å². The van der Waals surface area contributed by atoms with Gasteiger partial charge in [0.25, 0.3) is 5.91 Å². The lowest BCUT2D eigenvalue weighted by Crippen LogP contribution is -2.32. The fourth-order valence-electron chi connectivity index (χ4n) is 3.44. The summed E-state index contributed by atoms with van der Waals surface area (Å²) in [5.74, 6) is 1.03. The molecule has 0 spiro atoms. The normalized spacial score (nSPS) is 13.8. The summed E-state index contributed by atoms with van der Waals surface area (Å²) < 4.78 is 0. The number of anilines is 1. The highest BCUT2D eigenvalue weighted by molar-refractivity contribution is 5.95. The third-order valence-corrected chi connectivity index (χ3v) is 4.76. The molecule has 26 heavy (non-hydrogen) atoms. The maximum atomic E-state index is 12.8. The van der Waals surface area contributed by atoms with Gasteiger partial charge in [-0.1, -0.05) is 26.0 Å². The lowest BCUT2D eigenvalue weighted by molar-refractivity contribution is 0.0755. The molecule has 1 aliphatic heterocycles. The Morgan fingerprint density at radius 3 is 2.38 bits per heavy atom. The number of nitrogens with zero attached hydrogens (tertiary/aromatic N) is 4. The van der Waals surface area contributed by atoms with E-state index in [4.69, 9.17) is 0 Å². The molecule has 1 fully saturated rings. The highest BCUT2D eigenvalue weighted by atomic mass is 16.2. The Labute approximate surface area is 156 Å². The van der Waals surface area contributed by atoms with Crippen LogP contribution in [-0.4, -0.2) is 47.2 Å². The maximum absolute atomic E-state index is 12.8. The highest BCUT2D eigenvalue weighted by Gasteiger charge is 2.16. The number of rotatable bonds is 7. The van der Waals surface area contributed by atoms with Crippen LogP contribution in [0.15, 0.2) is 36.4 Å². The second kappa shape index (κ2) is 8.79. The van der Waals surface area contributed by atoms with Crippen molar-refractivity contribution in [2.75, 3.05) is 31.1 Å². The second-order valence-electron chi connectivity index (χ2n) is 6.84. The minimum atomic E-state index is 0.0946. The summed E-state index contributed by atoms with van der Waals surface area (Å²) in [6.07, 6.45) is 4.38. The van der Waals surface area contributed by atoms with Gasteiger partial charge in [0.15, 0.2) is 5.82 Å². The van der Waals surface area contributed by atoms with E-state index >= 15 is 0 Å². The number of carbonyl (C=O) groups is 1. The van der Waals surface area contributed by atoms with Crippen LogP contribution in [0.1, 0.15) is 49.9 Å². The third-order valence-electron chi connectivity index (χ3n) is 4.76. The standard InChI is InChI=1S/C21H28N4O/c1-3-12-25(13-4-2)21(26)18-9-7-8-17(16-18)19-10-11-20(23-22-19)24-14-5-6-15-24/h7-11,16H,3-6,12-15H2,1-2H3. The van der Waals surface area contributed by atoms with Gasteiger partial charge in [0.1, 0.15) is 0 Å². The molecule has 5 heteroatoms. The first-order valence-electron chi connectivity index (χ1n) is 9.71. The van der Waals surface area contributed by atoms with Crippen molar-refractivity contribution < 1.29 is 4.79 Å². The smallest absolute Gasteiger partial charge is 0.253 e. The molecular formula is C21H28N4O. The molecule has 3 rings (SSSR count). The SMILES string of the molecule is CCCN(CCC)C(=O)c1cccc(-c2ccc(N3CCCC3)nn2)c1. The second-order valence-corrected chi connectivity index (χ2v) is 6.84. The van der Waals surface area contributed by atoms with Crippen LogP contribution in [0, 0.1) is 0 Å². The summed E-state index contributed by atoms with van der Waals surface area (Å²) in [5.41, 5.74) is 2.46. The van der Waals surface area contributed by atoms with Gasteiger partial charge in [0.2, 0.25) is 0 Å². The monoisotopic (exact) mass is 352 g/mol. The number of hydrogen-bond acceptors (Lipinski definition) is 4. The Morgan fingerprint density at radius 1 is 1.04 bits per heavy atom. The molecule has 2 aromatic rings. The molecule has 0 saturated carbocycles. The summed E-state index contributed by atoms with van der Waals surface area (Å²) in [6, 6.07) is 11.8. The van der Waals surface area contributed by atoms with Gasteiger partial charge in [-0.2, -0.15) is 0 Å². The van der Waals surface area contributed by atoms with Crippen molar-refractivity contribution in [1.29, 1.82) is 0 Å². The fraction of sp³-hybridized carbons (Fsp3) is 0.476.